The Morgan fingerprint density at radius 1 is 1.36 bits per heavy atom. The van der Waals surface area contributed by atoms with Crippen molar-refractivity contribution in [2.75, 3.05) is 7.05 Å². The summed E-state index contributed by atoms with van der Waals surface area (Å²) >= 11 is 1.27. The van der Waals surface area contributed by atoms with Gasteiger partial charge in [-0.2, -0.15) is 0 Å². The number of hydrogen-bond acceptors (Lipinski definition) is 3. The van der Waals surface area contributed by atoms with Crippen molar-refractivity contribution >= 4 is 22.8 Å². The number of nitrogens with one attached hydrogen (secondary N) is 1. The van der Waals surface area contributed by atoms with E-state index in [0.29, 0.717) is 0 Å². The number of amidine groups is 1. The molecule has 14 heavy (non-hydrogen) atoms. The molecule has 0 aliphatic carbocycles. The zero-order valence-corrected chi connectivity index (χ0v) is 8.54. The van der Waals surface area contributed by atoms with Gasteiger partial charge in [-0.3, -0.25) is 9.79 Å². The van der Waals surface area contributed by atoms with E-state index in [0.717, 1.165) is 11.4 Å². The molecule has 1 N–H and O–H groups in total. The normalized spacial score (nSPS) is 23.9. The highest BCUT2D eigenvalue weighted by atomic mass is 32.2. The van der Waals surface area contributed by atoms with Gasteiger partial charge < -0.3 is 5.32 Å². The van der Waals surface area contributed by atoms with E-state index in [1.165, 1.54) is 11.8 Å². The lowest BCUT2D eigenvalue weighted by Gasteiger charge is -2.07. The van der Waals surface area contributed by atoms with E-state index < -0.39 is 0 Å². The van der Waals surface area contributed by atoms with Crippen LogP contribution in [0.25, 0.3) is 0 Å². The van der Waals surface area contributed by atoms with Crippen LogP contribution in [0.2, 0.25) is 0 Å². The number of carbonyl (C=O) groups is 1. The summed E-state index contributed by atoms with van der Waals surface area (Å²) in [7, 11) is 1.69. The maximum Gasteiger partial charge on any atom is 0.285 e. The molecular formula is C10H10N2OS. The molecule has 0 radical (unpaired) electrons. The van der Waals surface area contributed by atoms with Gasteiger partial charge >= 0.3 is 0 Å². The number of carbonyl (C=O) groups excluding carboxylic acids is 1. The predicted octanol–water partition coefficient (Wildman–Crippen LogP) is 2.21. The first-order valence-corrected chi connectivity index (χ1v) is 5.18. The standard InChI is InChI=1S/C10H10N2OS/c1-11-9-8(14-10(13)12-9)7-5-3-2-4-6-7/h2-6,8H,1H3,(H,11,12,13). The number of hydrogen-bond donors (Lipinski definition) is 1. The average molecular weight is 206 g/mol. The molecule has 1 aromatic carbocycles. The SMILES string of the molecule is CN=C1NC(=O)SC1c1ccccc1. The quantitative estimate of drug-likeness (QED) is 0.765. The van der Waals surface area contributed by atoms with Crippen LogP contribution in [0.5, 0.6) is 0 Å². The van der Waals surface area contributed by atoms with E-state index in [-0.39, 0.29) is 10.5 Å². The van der Waals surface area contributed by atoms with Gasteiger partial charge in [-0.25, -0.2) is 0 Å². The molecule has 72 valence electrons. The summed E-state index contributed by atoms with van der Waals surface area (Å²) in [6, 6.07) is 9.89. The molecule has 3 nitrogen and oxygen atoms in total. The lowest BCUT2D eigenvalue weighted by molar-refractivity contribution is 0.265. The first-order chi connectivity index (χ1) is 6.81. The third-order valence-electron chi connectivity index (χ3n) is 2.05. The van der Waals surface area contributed by atoms with Gasteiger partial charge in [0.05, 0.1) is 5.25 Å². The van der Waals surface area contributed by atoms with E-state index >= 15 is 0 Å². The molecule has 0 aromatic heterocycles. The third-order valence-corrected chi connectivity index (χ3v) is 3.09. The summed E-state index contributed by atoms with van der Waals surface area (Å²) in [5.74, 6) is 0.742. The smallest absolute Gasteiger partial charge is 0.285 e. The Hall–Kier alpha value is -1.29. The lowest BCUT2D eigenvalue weighted by Crippen LogP contribution is -2.21. The van der Waals surface area contributed by atoms with Crippen molar-refractivity contribution in [2.45, 2.75) is 5.25 Å². The lowest BCUT2D eigenvalue weighted by atomic mass is 10.1. The van der Waals surface area contributed by atoms with Crippen LogP contribution in [0.3, 0.4) is 0 Å². The summed E-state index contributed by atoms with van der Waals surface area (Å²) < 4.78 is 0. The highest BCUT2D eigenvalue weighted by Gasteiger charge is 2.30. The van der Waals surface area contributed by atoms with Crippen LogP contribution in [0.15, 0.2) is 35.3 Å². The van der Waals surface area contributed by atoms with Crippen molar-refractivity contribution in [3.8, 4) is 0 Å². The van der Waals surface area contributed by atoms with Crippen molar-refractivity contribution < 1.29 is 4.79 Å². The van der Waals surface area contributed by atoms with E-state index in [1.54, 1.807) is 7.05 Å². The van der Waals surface area contributed by atoms with Crippen LogP contribution in [-0.4, -0.2) is 18.1 Å². The molecule has 1 aromatic rings. The Morgan fingerprint density at radius 2 is 2.07 bits per heavy atom. The molecule has 1 atom stereocenters. The summed E-state index contributed by atoms with van der Waals surface area (Å²) in [6.07, 6.45) is 0. The van der Waals surface area contributed by atoms with E-state index in [4.69, 9.17) is 0 Å². The molecule has 1 aliphatic heterocycles. The van der Waals surface area contributed by atoms with Crippen LogP contribution in [0.1, 0.15) is 10.8 Å². The molecule has 1 fully saturated rings. The second-order valence-corrected chi connectivity index (χ2v) is 4.01. The number of benzene rings is 1. The van der Waals surface area contributed by atoms with E-state index in [1.807, 2.05) is 30.3 Å². The molecule has 2 rings (SSSR count). The summed E-state index contributed by atoms with van der Waals surface area (Å²) in [5, 5.41) is 2.73. The number of rotatable bonds is 1. The van der Waals surface area contributed by atoms with Crippen LogP contribution in [-0.2, 0) is 0 Å². The van der Waals surface area contributed by atoms with Gasteiger partial charge in [0.15, 0.2) is 0 Å². The molecule has 1 amide bonds. The monoisotopic (exact) mass is 206 g/mol. The average Bonchev–Trinajstić information content (AvgIpc) is 2.61. The van der Waals surface area contributed by atoms with Crippen molar-refractivity contribution in [1.29, 1.82) is 0 Å². The summed E-state index contributed by atoms with van der Waals surface area (Å²) in [6.45, 7) is 0. The van der Waals surface area contributed by atoms with E-state index in [9.17, 15) is 4.79 Å². The van der Waals surface area contributed by atoms with Crippen molar-refractivity contribution in [1.82, 2.24) is 5.32 Å². The fourth-order valence-electron chi connectivity index (χ4n) is 1.39. The number of nitrogens with zero attached hydrogens (tertiary/aromatic N) is 1. The number of aliphatic imine (C=N–C) groups is 1. The molecule has 0 spiro atoms. The van der Waals surface area contributed by atoms with Gasteiger partial charge in [0.25, 0.3) is 5.24 Å². The fraction of sp³-hybridized carbons (Fsp3) is 0.200. The van der Waals surface area contributed by atoms with Gasteiger partial charge in [0.2, 0.25) is 0 Å². The van der Waals surface area contributed by atoms with Crippen molar-refractivity contribution in [3.05, 3.63) is 35.9 Å². The topological polar surface area (TPSA) is 41.5 Å². The Balaban J connectivity index is 2.31. The zero-order valence-electron chi connectivity index (χ0n) is 7.73. The van der Waals surface area contributed by atoms with Gasteiger partial charge in [-0.1, -0.05) is 30.3 Å². The van der Waals surface area contributed by atoms with Gasteiger partial charge in [-0.15, -0.1) is 0 Å². The largest absolute Gasteiger partial charge is 0.304 e. The van der Waals surface area contributed by atoms with Gasteiger partial charge in [0, 0.05) is 7.05 Å². The number of amides is 1. The van der Waals surface area contributed by atoms with Crippen molar-refractivity contribution in [3.63, 3.8) is 0 Å². The second kappa shape index (κ2) is 3.84. The zero-order chi connectivity index (χ0) is 9.97. The first-order valence-electron chi connectivity index (χ1n) is 4.30. The highest BCUT2D eigenvalue weighted by molar-refractivity contribution is 8.15. The van der Waals surface area contributed by atoms with Gasteiger partial charge in [0.1, 0.15) is 5.84 Å². The fourth-order valence-corrected chi connectivity index (χ4v) is 2.34. The van der Waals surface area contributed by atoms with Crippen molar-refractivity contribution in [2.24, 2.45) is 4.99 Å². The molecule has 0 saturated carbocycles. The summed E-state index contributed by atoms with van der Waals surface area (Å²) in [5.41, 5.74) is 1.11. The Morgan fingerprint density at radius 3 is 2.71 bits per heavy atom. The van der Waals surface area contributed by atoms with Gasteiger partial charge in [-0.05, 0) is 17.3 Å². The Labute approximate surface area is 86.6 Å². The van der Waals surface area contributed by atoms with Crippen LogP contribution in [0.4, 0.5) is 4.79 Å². The molecule has 1 heterocycles. The molecule has 1 saturated heterocycles. The second-order valence-electron chi connectivity index (χ2n) is 2.93. The minimum Gasteiger partial charge on any atom is -0.304 e. The van der Waals surface area contributed by atoms with Crippen LogP contribution < -0.4 is 5.32 Å². The summed E-state index contributed by atoms with van der Waals surface area (Å²) in [4.78, 5) is 15.2. The Kier molecular flexibility index (Phi) is 2.54. The van der Waals surface area contributed by atoms with Crippen LogP contribution in [0, 0.1) is 0 Å². The van der Waals surface area contributed by atoms with Crippen LogP contribution >= 0.6 is 11.8 Å². The number of thioether (sulfide) groups is 1. The molecule has 4 heteroatoms. The third kappa shape index (κ3) is 1.65. The molecule has 1 aliphatic rings. The minimum absolute atomic E-state index is 0.0283. The molecular weight excluding hydrogens is 196 g/mol. The maximum atomic E-state index is 11.2. The predicted molar refractivity (Wildman–Crippen MR) is 58.7 cm³/mol. The first kappa shape index (κ1) is 9.27. The van der Waals surface area contributed by atoms with E-state index in [2.05, 4.69) is 10.3 Å². The molecule has 0 bridgehead atoms. The Bertz CT molecular complexity index is 375. The minimum atomic E-state index is -0.0283. The molecule has 1 unspecified atom stereocenters. The highest BCUT2D eigenvalue weighted by Crippen LogP contribution is 2.34. The maximum absolute atomic E-state index is 11.2.